The number of nitrogens with zero attached hydrogens (tertiary/aromatic N) is 2. The van der Waals surface area contributed by atoms with Crippen LogP contribution in [0, 0.1) is 5.82 Å². The van der Waals surface area contributed by atoms with Crippen LogP contribution in [-0.2, 0) is 26.2 Å². The molecule has 2 amide bonds. The highest BCUT2D eigenvalue weighted by Crippen LogP contribution is 2.20. The van der Waals surface area contributed by atoms with Gasteiger partial charge in [-0.15, -0.1) is 0 Å². The number of rotatable bonds is 11. The van der Waals surface area contributed by atoms with Crippen LogP contribution in [0.25, 0.3) is 0 Å². The van der Waals surface area contributed by atoms with Crippen molar-refractivity contribution in [2.24, 2.45) is 0 Å². The fourth-order valence-corrected chi connectivity index (χ4v) is 3.98. The van der Waals surface area contributed by atoms with Gasteiger partial charge in [-0.3, -0.25) is 13.9 Å². The Kier molecular flexibility index (Phi) is 9.22. The third kappa shape index (κ3) is 7.45. The van der Waals surface area contributed by atoms with Crippen LogP contribution in [0.2, 0.25) is 0 Å². The Bertz CT molecular complexity index is 1040. The van der Waals surface area contributed by atoms with Crippen LogP contribution in [0.4, 0.5) is 10.1 Å². The first-order chi connectivity index (χ1) is 15.6. The van der Waals surface area contributed by atoms with Crippen molar-refractivity contribution in [3.63, 3.8) is 0 Å². The number of ether oxygens (including phenoxy) is 1. The Hall–Kier alpha value is -3.14. The van der Waals surface area contributed by atoms with Crippen LogP contribution in [0.15, 0.2) is 48.5 Å². The number of carbonyl (C=O) groups excluding carboxylic acids is 2. The largest absolute Gasteiger partial charge is 0.497 e. The second kappa shape index (κ2) is 11.6. The van der Waals surface area contributed by atoms with E-state index in [-0.39, 0.29) is 18.1 Å². The van der Waals surface area contributed by atoms with Gasteiger partial charge in [0.15, 0.2) is 0 Å². The lowest BCUT2D eigenvalue weighted by Crippen LogP contribution is -2.51. The average Bonchev–Trinajstić information content (AvgIpc) is 2.79. The number of benzene rings is 2. The molecule has 2 aromatic carbocycles. The molecule has 0 aliphatic heterocycles. The molecule has 8 nitrogen and oxygen atoms in total. The summed E-state index contributed by atoms with van der Waals surface area (Å²) in [6.45, 7) is 3.52. The minimum atomic E-state index is -3.86. The molecule has 2 aromatic rings. The van der Waals surface area contributed by atoms with Crippen molar-refractivity contribution in [2.75, 3.05) is 30.8 Å². The first kappa shape index (κ1) is 26.1. The standard InChI is InChI=1S/C23H30FN3O5S/c1-5-14-25-23(29)17(2)26(15-18-6-12-21(32-3)13-7-18)22(28)16-27(33(4,30)31)20-10-8-19(24)9-11-20/h6-13,17H,5,14-16H2,1-4H3,(H,25,29). The third-order valence-electron chi connectivity index (χ3n) is 5.02. The van der Waals surface area contributed by atoms with Crippen LogP contribution < -0.4 is 14.4 Å². The van der Waals surface area contributed by atoms with Crippen molar-refractivity contribution in [3.8, 4) is 5.75 Å². The highest BCUT2D eigenvalue weighted by Gasteiger charge is 2.30. The molecule has 33 heavy (non-hydrogen) atoms. The summed E-state index contributed by atoms with van der Waals surface area (Å²) >= 11 is 0. The number of hydrogen-bond acceptors (Lipinski definition) is 5. The molecule has 0 spiro atoms. The molecule has 1 unspecified atom stereocenters. The van der Waals surface area contributed by atoms with Crippen molar-refractivity contribution >= 4 is 27.5 Å². The van der Waals surface area contributed by atoms with Gasteiger partial charge in [0.2, 0.25) is 21.8 Å². The van der Waals surface area contributed by atoms with Crippen molar-refractivity contribution in [2.45, 2.75) is 32.9 Å². The normalized spacial score (nSPS) is 12.0. The molecule has 0 bridgehead atoms. The molecule has 2 rings (SSSR count). The van der Waals surface area contributed by atoms with E-state index in [9.17, 15) is 22.4 Å². The predicted molar refractivity (Wildman–Crippen MR) is 125 cm³/mol. The first-order valence-electron chi connectivity index (χ1n) is 10.5. The molecule has 1 atom stereocenters. The molecule has 180 valence electrons. The summed E-state index contributed by atoms with van der Waals surface area (Å²) in [7, 11) is -2.31. The zero-order valence-corrected chi connectivity index (χ0v) is 20.1. The molecule has 0 saturated carbocycles. The Morgan fingerprint density at radius 2 is 1.70 bits per heavy atom. The average molecular weight is 480 g/mol. The molecular formula is C23H30FN3O5S. The van der Waals surface area contributed by atoms with E-state index in [1.54, 1.807) is 38.3 Å². The van der Waals surface area contributed by atoms with E-state index in [0.29, 0.717) is 12.3 Å². The fourth-order valence-electron chi connectivity index (χ4n) is 3.13. The highest BCUT2D eigenvalue weighted by molar-refractivity contribution is 7.92. The third-order valence-corrected chi connectivity index (χ3v) is 6.16. The summed E-state index contributed by atoms with van der Waals surface area (Å²) in [4.78, 5) is 27.3. The maximum Gasteiger partial charge on any atom is 0.244 e. The van der Waals surface area contributed by atoms with E-state index in [0.717, 1.165) is 34.7 Å². The fraction of sp³-hybridized carbons (Fsp3) is 0.391. The molecule has 0 radical (unpaired) electrons. The lowest BCUT2D eigenvalue weighted by atomic mass is 10.1. The summed E-state index contributed by atoms with van der Waals surface area (Å²) in [6.07, 6.45) is 1.70. The second-order valence-corrected chi connectivity index (χ2v) is 9.49. The number of anilines is 1. The van der Waals surface area contributed by atoms with E-state index in [1.165, 1.54) is 17.0 Å². The number of hydrogen-bond donors (Lipinski definition) is 1. The molecule has 0 fully saturated rings. The Balaban J connectivity index is 2.34. The van der Waals surface area contributed by atoms with E-state index < -0.39 is 34.3 Å². The molecule has 10 heteroatoms. The van der Waals surface area contributed by atoms with Gasteiger partial charge >= 0.3 is 0 Å². The minimum Gasteiger partial charge on any atom is -0.497 e. The number of amides is 2. The minimum absolute atomic E-state index is 0.0879. The zero-order valence-electron chi connectivity index (χ0n) is 19.2. The molecule has 1 N–H and O–H groups in total. The Morgan fingerprint density at radius 3 is 2.21 bits per heavy atom. The lowest BCUT2D eigenvalue weighted by Gasteiger charge is -2.31. The first-order valence-corrected chi connectivity index (χ1v) is 12.3. The van der Waals surface area contributed by atoms with Gasteiger partial charge in [-0.25, -0.2) is 12.8 Å². The topological polar surface area (TPSA) is 96.0 Å². The molecular weight excluding hydrogens is 449 g/mol. The quantitative estimate of drug-likeness (QED) is 0.534. The molecule has 0 saturated heterocycles. The summed E-state index contributed by atoms with van der Waals surface area (Å²) in [5, 5.41) is 2.77. The van der Waals surface area contributed by atoms with Crippen LogP contribution in [-0.4, -0.2) is 57.6 Å². The van der Waals surface area contributed by atoms with Gasteiger partial charge in [-0.05, 0) is 55.3 Å². The van der Waals surface area contributed by atoms with E-state index >= 15 is 0 Å². The van der Waals surface area contributed by atoms with E-state index in [1.807, 2.05) is 6.92 Å². The number of carbonyl (C=O) groups is 2. The monoisotopic (exact) mass is 479 g/mol. The maximum absolute atomic E-state index is 13.3. The van der Waals surface area contributed by atoms with Gasteiger partial charge < -0.3 is 15.0 Å². The molecule has 0 heterocycles. The van der Waals surface area contributed by atoms with Crippen LogP contribution >= 0.6 is 0 Å². The van der Waals surface area contributed by atoms with Gasteiger partial charge in [0.1, 0.15) is 24.2 Å². The smallest absolute Gasteiger partial charge is 0.244 e. The van der Waals surface area contributed by atoms with Crippen molar-refractivity contribution in [1.29, 1.82) is 0 Å². The lowest BCUT2D eigenvalue weighted by molar-refractivity contribution is -0.139. The number of sulfonamides is 1. The maximum atomic E-state index is 13.3. The van der Waals surface area contributed by atoms with Gasteiger partial charge in [-0.1, -0.05) is 19.1 Å². The summed E-state index contributed by atoms with van der Waals surface area (Å²) < 4.78 is 44.2. The van der Waals surface area contributed by atoms with Gasteiger partial charge in [-0.2, -0.15) is 0 Å². The van der Waals surface area contributed by atoms with Gasteiger partial charge in [0.05, 0.1) is 19.1 Å². The van der Waals surface area contributed by atoms with E-state index in [2.05, 4.69) is 5.32 Å². The highest BCUT2D eigenvalue weighted by atomic mass is 32.2. The van der Waals surface area contributed by atoms with Crippen LogP contribution in [0.3, 0.4) is 0 Å². The molecule has 0 aromatic heterocycles. The second-order valence-electron chi connectivity index (χ2n) is 7.58. The van der Waals surface area contributed by atoms with Crippen molar-refractivity contribution < 1.29 is 27.1 Å². The summed E-state index contributed by atoms with van der Waals surface area (Å²) in [5.41, 5.74) is 0.895. The SMILES string of the molecule is CCCNC(=O)C(C)N(Cc1ccc(OC)cc1)C(=O)CN(c1ccc(F)cc1)S(C)(=O)=O. The number of methoxy groups -OCH3 is 1. The van der Waals surface area contributed by atoms with Crippen LogP contribution in [0.5, 0.6) is 5.75 Å². The molecule has 0 aliphatic carbocycles. The van der Waals surface area contributed by atoms with Crippen molar-refractivity contribution in [3.05, 3.63) is 59.9 Å². The summed E-state index contributed by atoms with van der Waals surface area (Å²) in [6, 6.07) is 11.0. The molecule has 0 aliphatic rings. The number of halogens is 1. The van der Waals surface area contributed by atoms with E-state index in [4.69, 9.17) is 4.74 Å². The van der Waals surface area contributed by atoms with Crippen molar-refractivity contribution in [1.82, 2.24) is 10.2 Å². The van der Waals surface area contributed by atoms with Gasteiger partial charge in [0.25, 0.3) is 0 Å². The van der Waals surface area contributed by atoms with Crippen LogP contribution in [0.1, 0.15) is 25.8 Å². The summed E-state index contributed by atoms with van der Waals surface area (Å²) in [5.74, 6) is -0.795. The zero-order chi connectivity index (χ0) is 24.6. The number of nitrogens with one attached hydrogen (secondary N) is 1. The Morgan fingerprint density at radius 1 is 1.09 bits per heavy atom. The van der Waals surface area contributed by atoms with Gasteiger partial charge in [0, 0.05) is 13.1 Å². The predicted octanol–water partition coefficient (Wildman–Crippen LogP) is 2.54. The Labute approximate surface area is 194 Å².